The van der Waals surface area contributed by atoms with Gasteiger partial charge in [0.1, 0.15) is 11.9 Å². The molecule has 1 unspecified atom stereocenters. The number of allylic oxidation sites excluding steroid dienone is 1. The highest BCUT2D eigenvalue weighted by Gasteiger charge is 2.30. The van der Waals surface area contributed by atoms with Crippen molar-refractivity contribution < 1.29 is 14.4 Å². The number of hydrogen-bond acceptors (Lipinski definition) is 5. The summed E-state index contributed by atoms with van der Waals surface area (Å²) in [6, 6.07) is -0.419. The lowest BCUT2D eigenvalue weighted by Gasteiger charge is -2.31. The van der Waals surface area contributed by atoms with E-state index in [1.54, 1.807) is 25.1 Å². The predicted octanol–water partition coefficient (Wildman–Crippen LogP) is 1.76. The first-order valence-corrected chi connectivity index (χ1v) is 8.74. The quantitative estimate of drug-likeness (QED) is 0.350. The van der Waals surface area contributed by atoms with Gasteiger partial charge in [-0.25, -0.2) is 4.99 Å². The highest BCUT2D eigenvalue weighted by Crippen LogP contribution is 2.15. The van der Waals surface area contributed by atoms with Crippen LogP contribution in [0.25, 0.3) is 0 Å². The highest BCUT2D eigenvalue weighted by atomic mass is 16.2. The summed E-state index contributed by atoms with van der Waals surface area (Å²) in [5, 5.41) is 5.26. The van der Waals surface area contributed by atoms with Crippen LogP contribution >= 0.6 is 0 Å². The van der Waals surface area contributed by atoms with Crippen molar-refractivity contribution >= 4 is 23.9 Å². The van der Waals surface area contributed by atoms with Crippen LogP contribution < -0.4 is 10.6 Å². The van der Waals surface area contributed by atoms with Gasteiger partial charge >= 0.3 is 0 Å². The van der Waals surface area contributed by atoms with Crippen LogP contribution in [0.3, 0.4) is 0 Å². The standard InChI is InChI=1S/C14H18N4O3.2C2H6/c1-9(16-11-5-6-15-7-10(11)8-19)18(2)12-3-4-13(20)17-14(12)21;2*1-2/h5,7-8,12,15H,3-4,6H2,1-2H3,(H,17,20,21);2*1-2H3. The molecule has 1 saturated heterocycles. The SMILES string of the molecule is CC.CC.CC(=NC1=CCNC=C1C=O)N(C)C1CCC(=O)NC1=O. The monoisotopic (exact) mass is 350 g/mol. The van der Waals surface area contributed by atoms with Gasteiger partial charge in [0, 0.05) is 26.2 Å². The smallest absolute Gasteiger partial charge is 0.249 e. The number of amidine groups is 1. The summed E-state index contributed by atoms with van der Waals surface area (Å²) in [5.41, 5.74) is 1.05. The van der Waals surface area contributed by atoms with Crippen molar-refractivity contribution in [3.63, 3.8) is 0 Å². The number of likely N-dealkylation sites (N-methyl/N-ethyl adjacent to an activating group) is 1. The number of hydrogen-bond donors (Lipinski definition) is 2. The van der Waals surface area contributed by atoms with Gasteiger partial charge in [0.25, 0.3) is 0 Å². The molecule has 2 heterocycles. The third-order valence-electron chi connectivity index (χ3n) is 3.56. The van der Waals surface area contributed by atoms with Crippen molar-refractivity contribution in [3.05, 3.63) is 23.5 Å². The molecule has 2 N–H and O–H groups in total. The van der Waals surface area contributed by atoms with Gasteiger partial charge in [-0.1, -0.05) is 27.7 Å². The van der Waals surface area contributed by atoms with Gasteiger partial charge < -0.3 is 10.2 Å². The van der Waals surface area contributed by atoms with E-state index in [-0.39, 0.29) is 11.8 Å². The van der Waals surface area contributed by atoms with Crippen molar-refractivity contribution in [2.24, 2.45) is 4.99 Å². The first-order valence-electron chi connectivity index (χ1n) is 8.74. The normalized spacial score (nSPS) is 19.6. The molecule has 0 aliphatic carbocycles. The van der Waals surface area contributed by atoms with Gasteiger partial charge in [0.15, 0.2) is 6.29 Å². The van der Waals surface area contributed by atoms with Crippen molar-refractivity contribution in [2.45, 2.75) is 53.5 Å². The summed E-state index contributed by atoms with van der Waals surface area (Å²) >= 11 is 0. The number of piperidine rings is 1. The Balaban J connectivity index is 0.00000134. The van der Waals surface area contributed by atoms with E-state index in [2.05, 4.69) is 15.6 Å². The Labute approximate surface area is 150 Å². The number of rotatable bonds is 3. The molecule has 25 heavy (non-hydrogen) atoms. The average Bonchev–Trinajstić information content (AvgIpc) is 2.65. The highest BCUT2D eigenvalue weighted by molar-refractivity contribution is 6.02. The van der Waals surface area contributed by atoms with Crippen LogP contribution in [-0.2, 0) is 14.4 Å². The summed E-state index contributed by atoms with van der Waals surface area (Å²) in [4.78, 5) is 40.1. The second-order valence-electron chi connectivity index (χ2n) is 4.95. The zero-order valence-corrected chi connectivity index (χ0v) is 16.0. The van der Waals surface area contributed by atoms with Gasteiger partial charge in [0.05, 0.1) is 11.3 Å². The number of imide groups is 1. The van der Waals surface area contributed by atoms with E-state index in [4.69, 9.17) is 0 Å². The Hall–Kier alpha value is -2.44. The zero-order valence-electron chi connectivity index (χ0n) is 16.0. The van der Waals surface area contributed by atoms with Crippen LogP contribution in [0.1, 0.15) is 47.5 Å². The van der Waals surface area contributed by atoms with Crippen LogP contribution in [0.5, 0.6) is 0 Å². The molecular formula is C18H30N4O3. The minimum absolute atomic E-state index is 0.244. The zero-order chi connectivity index (χ0) is 19.4. The molecule has 2 amide bonds. The summed E-state index contributed by atoms with van der Waals surface area (Å²) in [6.45, 7) is 10.4. The number of nitrogens with one attached hydrogen (secondary N) is 2. The molecule has 0 saturated carbocycles. The second-order valence-corrected chi connectivity index (χ2v) is 4.95. The Morgan fingerprint density at radius 2 is 1.92 bits per heavy atom. The molecule has 2 aliphatic rings. The maximum Gasteiger partial charge on any atom is 0.249 e. The topological polar surface area (TPSA) is 90.9 Å². The van der Waals surface area contributed by atoms with Crippen LogP contribution in [0.4, 0.5) is 0 Å². The van der Waals surface area contributed by atoms with Crippen molar-refractivity contribution in [3.8, 4) is 0 Å². The Kier molecular flexibility index (Phi) is 10.8. The van der Waals surface area contributed by atoms with Crippen molar-refractivity contribution in [2.75, 3.05) is 13.6 Å². The van der Waals surface area contributed by atoms with E-state index in [1.165, 1.54) is 0 Å². The number of amides is 2. The fraction of sp³-hybridized carbons (Fsp3) is 0.556. The molecule has 0 aromatic heterocycles. The molecular weight excluding hydrogens is 320 g/mol. The maximum absolute atomic E-state index is 11.8. The summed E-state index contributed by atoms with van der Waals surface area (Å²) in [7, 11) is 1.75. The number of dihydropyridines is 1. The molecule has 7 nitrogen and oxygen atoms in total. The number of nitrogens with zero attached hydrogens (tertiary/aromatic N) is 2. The van der Waals surface area contributed by atoms with Gasteiger partial charge in [-0.05, 0) is 19.4 Å². The lowest BCUT2D eigenvalue weighted by molar-refractivity contribution is -0.136. The van der Waals surface area contributed by atoms with Crippen LogP contribution in [0.2, 0.25) is 0 Å². The predicted molar refractivity (Wildman–Crippen MR) is 100.0 cm³/mol. The third kappa shape index (κ3) is 6.52. The molecule has 0 aromatic rings. The number of carbonyl (C=O) groups excluding carboxylic acids is 3. The van der Waals surface area contributed by atoms with E-state index in [9.17, 15) is 14.4 Å². The molecule has 140 valence electrons. The summed E-state index contributed by atoms with van der Waals surface area (Å²) in [6.07, 6.45) is 4.95. The van der Waals surface area contributed by atoms with E-state index < -0.39 is 6.04 Å². The van der Waals surface area contributed by atoms with Gasteiger partial charge in [-0.15, -0.1) is 0 Å². The molecule has 7 heteroatoms. The Morgan fingerprint density at radius 3 is 2.48 bits per heavy atom. The molecule has 1 fully saturated rings. The molecule has 0 bridgehead atoms. The molecule has 2 rings (SSSR count). The largest absolute Gasteiger partial charge is 0.387 e. The van der Waals surface area contributed by atoms with E-state index in [0.717, 1.165) is 6.29 Å². The summed E-state index contributed by atoms with van der Waals surface area (Å²) in [5.74, 6) is 0.0608. The molecule has 0 spiro atoms. The van der Waals surface area contributed by atoms with E-state index >= 15 is 0 Å². The van der Waals surface area contributed by atoms with E-state index in [0.29, 0.717) is 36.5 Å². The van der Waals surface area contributed by atoms with Gasteiger partial charge in [-0.2, -0.15) is 0 Å². The van der Waals surface area contributed by atoms with Crippen LogP contribution in [-0.4, -0.2) is 48.5 Å². The second kappa shape index (κ2) is 12.0. The first kappa shape index (κ1) is 22.6. The van der Waals surface area contributed by atoms with Crippen molar-refractivity contribution in [1.29, 1.82) is 0 Å². The van der Waals surface area contributed by atoms with Crippen LogP contribution in [0, 0.1) is 0 Å². The fourth-order valence-electron chi connectivity index (χ4n) is 2.25. The third-order valence-corrected chi connectivity index (χ3v) is 3.56. The van der Waals surface area contributed by atoms with Crippen LogP contribution in [0.15, 0.2) is 28.5 Å². The van der Waals surface area contributed by atoms with Gasteiger partial charge in [0.2, 0.25) is 11.8 Å². The molecule has 0 aromatic carbocycles. The minimum atomic E-state index is -0.419. The lowest BCUT2D eigenvalue weighted by atomic mass is 10.0. The maximum atomic E-state index is 11.8. The average molecular weight is 350 g/mol. The van der Waals surface area contributed by atoms with Gasteiger partial charge in [-0.3, -0.25) is 19.7 Å². The Morgan fingerprint density at radius 1 is 1.28 bits per heavy atom. The molecule has 1 atom stereocenters. The van der Waals surface area contributed by atoms with E-state index in [1.807, 2.05) is 33.8 Å². The summed E-state index contributed by atoms with van der Waals surface area (Å²) < 4.78 is 0. The number of aliphatic imine (C=N–C) groups is 1. The van der Waals surface area contributed by atoms with Crippen molar-refractivity contribution in [1.82, 2.24) is 15.5 Å². The lowest BCUT2D eigenvalue weighted by Crippen LogP contribution is -2.52. The molecule has 2 aliphatic heterocycles. The fourth-order valence-corrected chi connectivity index (χ4v) is 2.25. The number of carbonyl (C=O) groups is 3. The number of aldehydes is 1. The Bertz CT molecular complexity index is 565. The molecule has 0 radical (unpaired) electrons. The minimum Gasteiger partial charge on any atom is -0.387 e. The first-order chi connectivity index (χ1) is 12.0.